The highest BCUT2D eigenvalue weighted by molar-refractivity contribution is 6.00. The minimum absolute atomic E-state index is 0.109. The monoisotopic (exact) mass is 235 g/mol. The average molecular weight is 235 g/mol. The van der Waals surface area contributed by atoms with E-state index < -0.39 is 0 Å². The van der Waals surface area contributed by atoms with Gasteiger partial charge in [0.1, 0.15) is 5.75 Å². The number of para-hydroxylation sites is 1. The van der Waals surface area contributed by atoms with Crippen molar-refractivity contribution in [2.24, 2.45) is 0 Å². The van der Waals surface area contributed by atoms with Crippen molar-refractivity contribution in [3.05, 3.63) is 29.8 Å². The molecule has 0 saturated carbocycles. The topological polar surface area (TPSA) is 29.5 Å². The van der Waals surface area contributed by atoms with E-state index in [1.807, 2.05) is 24.3 Å². The van der Waals surface area contributed by atoms with Crippen LogP contribution in [0.2, 0.25) is 0 Å². The molecule has 0 bridgehead atoms. The lowest BCUT2D eigenvalue weighted by atomic mass is 10.1. The van der Waals surface area contributed by atoms with Gasteiger partial charge in [0, 0.05) is 6.04 Å². The van der Waals surface area contributed by atoms with Crippen LogP contribution < -0.4 is 4.74 Å². The fourth-order valence-corrected chi connectivity index (χ4v) is 1.80. The van der Waals surface area contributed by atoms with Crippen LogP contribution in [0.3, 0.4) is 0 Å². The summed E-state index contributed by atoms with van der Waals surface area (Å²) in [7, 11) is 1.59. The summed E-state index contributed by atoms with van der Waals surface area (Å²) < 4.78 is 5.20. The van der Waals surface area contributed by atoms with Gasteiger partial charge >= 0.3 is 0 Å². The number of rotatable bonds is 6. The highest BCUT2D eigenvalue weighted by atomic mass is 16.5. The van der Waals surface area contributed by atoms with Gasteiger partial charge in [-0.25, -0.2) is 0 Å². The van der Waals surface area contributed by atoms with Crippen LogP contribution in [0.1, 0.15) is 31.1 Å². The standard InChI is InChI=1S/C14H21NO2/c1-5-15(11(2)3)10-13(16)12-8-6-7-9-14(12)17-4/h6-9,11H,5,10H2,1-4H3. The molecule has 0 saturated heterocycles. The molecule has 0 aliphatic rings. The van der Waals surface area contributed by atoms with E-state index in [1.165, 1.54) is 0 Å². The molecule has 1 aromatic rings. The van der Waals surface area contributed by atoms with E-state index in [-0.39, 0.29) is 5.78 Å². The molecule has 17 heavy (non-hydrogen) atoms. The third-order valence-corrected chi connectivity index (χ3v) is 2.89. The maximum Gasteiger partial charge on any atom is 0.180 e. The zero-order valence-electron chi connectivity index (χ0n) is 11.1. The number of likely N-dealkylation sites (N-methyl/N-ethyl adjacent to an activating group) is 1. The van der Waals surface area contributed by atoms with Gasteiger partial charge in [0.05, 0.1) is 19.2 Å². The average Bonchev–Trinajstić information content (AvgIpc) is 2.35. The molecule has 3 heteroatoms. The summed E-state index contributed by atoms with van der Waals surface area (Å²) in [6.07, 6.45) is 0. The van der Waals surface area contributed by atoms with Gasteiger partial charge in [0.25, 0.3) is 0 Å². The van der Waals surface area contributed by atoms with Crippen molar-refractivity contribution in [2.45, 2.75) is 26.8 Å². The Labute approximate surface area is 103 Å². The second-order valence-corrected chi connectivity index (χ2v) is 4.28. The van der Waals surface area contributed by atoms with Crippen LogP contribution in [0.5, 0.6) is 5.75 Å². The van der Waals surface area contributed by atoms with Gasteiger partial charge in [0.2, 0.25) is 0 Å². The molecule has 0 unspecified atom stereocenters. The third-order valence-electron chi connectivity index (χ3n) is 2.89. The Balaban J connectivity index is 2.82. The van der Waals surface area contributed by atoms with Gasteiger partial charge in [0.15, 0.2) is 5.78 Å². The molecule has 3 nitrogen and oxygen atoms in total. The second-order valence-electron chi connectivity index (χ2n) is 4.28. The van der Waals surface area contributed by atoms with Gasteiger partial charge in [-0.2, -0.15) is 0 Å². The summed E-state index contributed by atoms with van der Waals surface area (Å²) in [6, 6.07) is 7.74. The number of hydrogen-bond acceptors (Lipinski definition) is 3. The molecule has 0 radical (unpaired) electrons. The molecule has 0 N–H and O–H groups in total. The highest BCUT2D eigenvalue weighted by Crippen LogP contribution is 2.18. The fourth-order valence-electron chi connectivity index (χ4n) is 1.80. The number of carbonyl (C=O) groups excluding carboxylic acids is 1. The van der Waals surface area contributed by atoms with Crippen LogP contribution in [0, 0.1) is 0 Å². The smallest absolute Gasteiger partial charge is 0.180 e. The summed E-state index contributed by atoms with van der Waals surface area (Å²) in [6.45, 7) is 7.57. The van der Waals surface area contributed by atoms with Gasteiger partial charge in [-0.1, -0.05) is 19.1 Å². The first-order valence-corrected chi connectivity index (χ1v) is 6.00. The van der Waals surface area contributed by atoms with Crippen molar-refractivity contribution >= 4 is 5.78 Å². The quantitative estimate of drug-likeness (QED) is 0.710. The number of hydrogen-bond donors (Lipinski definition) is 0. The number of methoxy groups -OCH3 is 1. The number of ether oxygens (including phenoxy) is 1. The van der Waals surface area contributed by atoms with Crippen LogP contribution in [0.15, 0.2) is 24.3 Å². The lowest BCUT2D eigenvalue weighted by Crippen LogP contribution is -2.35. The summed E-state index contributed by atoms with van der Waals surface area (Å²) in [5, 5.41) is 0. The molecule has 0 aromatic heterocycles. The minimum atomic E-state index is 0.109. The van der Waals surface area contributed by atoms with E-state index in [2.05, 4.69) is 25.7 Å². The molecule has 0 amide bonds. The van der Waals surface area contributed by atoms with E-state index in [1.54, 1.807) is 7.11 Å². The van der Waals surface area contributed by atoms with Crippen LogP contribution in [0.4, 0.5) is 0 Å². The maximum atomic E-state index is 12.2. The SMILES string of the molecule is CCN(CC(=O)c1ccccc1OC)C(C)C. The van der Waals surface area contributed by atoms with E-state index in [9.17, 15) is 4.79 Å². The van der Waals surface area contributed by atoms with Gasteiger partial charge in [-0.15, -0.1) is 0 Å². The van der Waals surface area contributed by atoms with Crippen molar-refractivity contribution in [3.63, 3.8) is 0 Å². The molecular weight excluding hydrogens is 214 g/mol. The molecule has 0 aliphatic heterocycles. The molecule has 0 spiro atoms. The van der Waals surface area contributed by atoms with Gasteiger partial charge < -0.3 is 4.74 Å². The van der Waals surface area contributed by atoms with E-state index in [4.69, 9.17) is 4.74 Å². The predicted octanol–water partition coefficient (Wildman–Crippen LogP) is 2.61. The van der Waals surface area contributed by atoms with E-state index in [0.29, 0.717) is 23.9 Å². The first kappa shape index (κ1) is 13.7. The Hall–Kier alpha value is -1.35. The Bertz CT molecular complexity index is 374. The lowest BCUT2D eigenvalue weighted by Gasteiger charge is -2.24. The molecule has 0 fully saturated rings. The largest absolute Gasteiger partial charge is 0.496 e. The maximum absolute atomic E-state index is 12.2. The van der Waals surface area contributed by atoms with Crippen molar-refractivity contribution in [2.75, 3.05) is 20.2 Å². The summed E-state index contributed by atoms with van der Waals surface area (Å²) in [5.41, 5.74) is 0.661. The van der Waals surface area contributed by atoms with Gasteiger partial charge in [-0.3, -0.25) is 9.69 Å². The minimum Gasteiger partial charge on any atom is -0.496 e. The van der Waals surface area contributed by atoms with E-state index >= 15 is 0 Å². The van der Waals surface area contributed by atoms with Crippen molar-refractivity contribution in [1.82, 2.24) is 4.90 Å². The number of benzene rings is 1. The van der Waals surface area contributed by atoms with E-state index in [0.717, 1.165) is 6.54 Å². The number of ketones is 1. The van der Waals surface area contributed by atoms with Crippen molar-refractivity contribution in [1.29, 1.82) is 0 Å². The molecule has 0 heterocycles. The number of nitrogens with zero attached hydrogens (tertiary/aromatic N) is 1. The second kappa shape index (κ2) is 6.40. The predicted molar refractivity (Wildman–Crippen MR) is 69.7 cm³/mol. The molecule has 1 aromatic carbocycles. The number of Topliss-reactive ketones (excluding diaryl/α,β-unsaturated/α-hetero) is 1. The summed E-state index contributed by atoms with van der Waals surface area (Å²) in [4.78, 5) is 14.3. The molecule has 0 atom stereocenters. The van der Waals surface area contributed by atoms with Crippen LogP contribution in [-0.2, 0) is 0 Å². The highest BCUT2D eigenvalue weighted by Gasteiger charge is 2.16. The zero-order chi connectivity index (χ0) is 12.8. The summed E-state index contributed by atoms with van der Waals surface area (Å²) in [5.74, 6) is 0.760. The van der Waals surface area contributed by atoms with Crippen molar-refractivity contribution < 1.29 is 9.53 Å². The Morgan fingerprint density at radius 3 is 2.53 bits per heavy atom. The molecule has 94 valence electrons. The van der Waals surface area contributed by atoms with Crippen molar-refractivity contribution in [3.8, 4) is 5.75 Å². The molecule has 1 rings (SSSR count). The number of carbonyl (C=O) groups is 1. The third kappa shape index (κ3) is 3.56. The Morgan fingerprint density at radius 1 is 1.35 bits per heavy atom. The first-order chi connectivity index (χ1) is 8.10. The normalized spacial score (nSPS) is 10.9. The first-order valence-electron chi connectivity index (χ1n) is 6.00. The molecular formula is C14H21NO2. The lowest BCUT2D eigenvalue weighted by molar-refractivity contribution is 0.0908. The van der Waals surface area contributed by atoms with Crippen LogP contribution in [0.25, 0.3) is 0 Å². The Morgan fingerprint density at radius 2 is 2.00 bits per heavy atom. The van der Waals surface area contributed by atoms with Crippen LogP contribution in [-0.4, -0.2) is 36.9 Å². The van der Waals surface area contributed by atoms with Crippen LogP contribution >= 0.6 is 0 Å². The van der Waals surface area contributed by atoms with Gasteiger partial charge in [-0.05, 0) is 32.5 Å². The molecule has 0 aliphatic carbocycles. The zero-order valence-corrected chi connectivity index (χ0v) is 11.1. The Kier molecular flexibility index (Phi) is 5.16. The summed E-state index contributed by atoms with van der Waals surface area (Å²) >= 11 is 0. The fraction of sp³-hybridized carbons (Fsp3) is 0.500.